The van der Waals surface area contributed by atoms with E-state index in [2.05, 4.69) is 10.6 Å². The van der Waals surface area contributed by atoms with Crippen molar-refractivity contribution in [3.8, 4) is 0 Å². The predicted molar refractivity (Wildman–Crippen MR) is 94.1 cm³/mol. The number of anilines is 1. The van der Waals surface area contributed by atoms with Crippen molar-refractivity contribution in [3.63, 3.8) is 0 Å². The number of amides is 1. The van der Waals surface area contributed by atoms with Crippen LogP contribution in [0.1, 0.15) is 12.0 Å². The van der Waals surface area contributed by atoms with Gasteiger partial charge in [-0.2, -0.15) is 0 Å². The zero-order chi connectivity index (χ0) is 17.4. The molecule has 0 heterocycles. The standard InChI is InChI=1S/C17H21N3O3S/c18-24(22,23)16-8-6-14(7-9-16)10-12-20-17(21)11-13-19-15-4-2-1-3-5-15/h1-9,19H,10-13H2,(H,20,21)(H2,18,22,23). The van der Waals surface area contributed by atoms with Crippen molar-refractivity contribution in [2.45, 2.75) is 17.7 Å². The Labute approximate surface area is 142 Å². The second-order valence-electron chi connectivity index (χ2n) is 5.33. The molecule has 0 bridgehead atoms. The van der Waals surface area contributed by atoms with Gasteiger partial charge in [0.25, 0.3) is 0 Å². The van der Waals surface area contributed by atoms with Crippen LogP contribution in [-0.2, 0) is 21.2 Å². The Hall–Kier alpha value is -2.38. The van der Waals surface area contributed by atoms with E-state index in [-0.39, 0.29) is 10.8 Å². The molecule has 0 aliphatic heterocycles. The number of carbonyl (C=O) groups is 1. The maximum atomic E-state index is 11.8. The summed E-state index contributed by atoms with van der Waals surface area (Å²) in [7, 11) is -3.66. The average Bonchev–Trinajstić information content (AvgIpc) is 2.55. The lowest BCUT2D eigenvalue weighted by atomic mass is 10.1. The molecule has 0 aromatic heterocycles. The van der Waals surface area contributed by atoms with E-state index in [1.165, 1.54) is 12.1 Å². The fourth-order valence-electron chi connectivity index (χ4n) is 2.16. The molecule has 6 nitrogen and oxygen atoms in total. The lowest BCUT2D eigenvalue weighted by molar-refractivity contribution is -0.120. The summed E-state index contributed by atoms with van der Waals surface area (Å²) in [6, 6.07) is 16.0. The van der Waals surface area contributed by atoms with Crippen molar-refractivity contribution >= 4 is 21.6 Å². The van der Waals surface area contributed by atoms with E-state index in [0.29, 0.717) is 25.9 Å². The summed E-state index contributed by atoms with van der Waals surface area (Å²) in [6.45, 7) is 1.07. The Balaban J connectivity index is 1.67. The third-order valence-corrected chi connectivity index (χ3v) is 4.37. The summed E-state index contributed by atoms with van der Waals surface area (Å²) in [5.74, 6) is -0.0282. The summed E-state index contributed by atoms with van der Waals surface area (Å²) in [5, 5.41) is 11.1. The molecule has 0 spiro atoms. The van der Waals surface area contributed by atoms with E-state index in [9.17, 15) is 13.2 Å². The van der Waals surface area contributed by atoms with Crippen molar-refractivity contribution < 1.29 is 13.2 Å². The van der Waals surface area contributed by atoms with Gasteiger partial charge in [0.2, 0.25) is 15.9 Å². The molecule has 2 aromatic carbocycles. The van der Waals surface area contributed by atoms with Crippen LogP contribution in [0.15, 0.2) is 59.5 Å². The molecule has 2 aromatic rings. The van der Waals surface area contributed by atoms with Crippen LogP contribution in [-0.4, -0.2) is 27.4 Å². The third-order valence-electron chi connectivity index (χ3n) is 3.44. The van der Waals surface area contributed by atoms with Crippen molar-refractivity contribution in [1.29, 1.82) is 0 Å². The number of nitrogens with two attached hydrogens (primary N) is 1. The molecule has 0 fully saturated rings. The highest BCUT2D eigenvalue weighted by molar-refractivity contribution is 7.89. The molecule has 1 amide bonds. The Morgan fingerprint density at radius 2 is 1.62 bits per heavy atom. The van der Waals surface area contributed by atoms with Gasteiger partial charge < -0.3 is 10.6 Å². The Morgan fingerprint density at radius 3 is 2.25 bits per heavy atom. The molecular weight excluding hydrogens is 326 g/mol. The summed E-state index contributed by atoms with van der Waals surface area (Å²) in [5.41, 5.74) is 1.92. The predicted octanol–water partition coefficient (Wildman–Crippen LogP) is 1.49. The van der Waals surface area contributed by atoms with Gasteiger partial charge in [-0.3, -0.25) is 4.79 Å². The van der Waals surface area contributed by atoms with Crippen molar-refractivity contribution in [2.75, 3.05) is 18.4 Å². The van der Waals surface area contributed by atoms with Gasteiger partial charge in [-0.15, -0.1) is 0 Å². The maximum absolute atomic E-state index is 11.8. The second-order valence-corrected chi connectivity index (χ2v) is 6.89. The first-order valence-corrected chi connectivity index (χ1v) is 9.17. The van der Waals surface area contributed by atoms with Crippen molar-refractivity contribution in [2.24, 2.45) is 5.14 Å². The molecule has 4 N–H and O–H groups in total. The first-order chi connectivity index (χ1) is 11.4. The number of hydrogen-bond donors (Lipinski definition) is 3. The van der Waals surface area contributed by atoms with Gasteiger partial charge in [0, 0.05) is 25.2 Å². The summed E-state index contributed by atoms with van der Waals surface area (Å²) >= 11 is 0. The van der Waals surface area contributed by atoms with Crippen LogP contribution in [0.3, 0.4) is 0 Å². The number of sulfonamides is 1. The molecular formula is C17H21N3O3S. The van der Waals surface area contributed by atoms with Crippen molar-refractivity contribution in [3.05, 3.63) is 60.2 Å². The molecule has 0 unspecified atom stereocenters. The van der Waals surface area contributed by atoms with E-state index in [0.717, 1.165) is 11.3 Å². The fourth-order valence-corrected chi connectivity index (χ4v) is 2.67. The maximum Gasteiger partial charge on any atom is 0.238 e. The van der Waals surface area contributed by atoms with Gasteiger partial charge in [0.15, 0.2) is 0 Å². The third kappa shape index (κ3) is 6.02. The van der Waals surface area contributed by atoms with Gasteiger partial charge in [-0.1, -0.05) is 30.3 Å². The lowest BCUT2D eigenvalue weighted by Crippen LogP contribution is -2.27. The van der Waals surface area contributed by atoms with Crippen LogP contribution in [0.25, 0.3) is 0 Å². The van der Waals surface area contributed by atoms with Gasteiger partial charge in [0.05, 0.1) is 4.90 Å². The van der Waals surface area contributed by atoms with E-state index in [1.54, 1.807) is 12.1 Å². The number of para-hydroxylation sites is 1. The van der Waals surface area contributed by atoms with Crippen LogP contribution < -0.4 is 15.8 Å². The molecule has 7 heteroatoms. The van der Waals surface area contributed by atoms with Crippen LogP contribution in [0.5, 0.6) is 0 Å². The van der Waals surface area contributed by atoms with Crippen molar-refractivity contribution in [1.82, 2.24) is 5.32 Å². The molecule has 0 aliphatic rings. The molecule has 0 atom stereocenters. The number of nitrogens with one attached hydrogen (secondary N) is 2. The SMILES string of the molecule is NS(=O)(=O)c1ccc(CCNC(=O)CCNc2ccccc2)cc1. The highest BCUT2D eigenvalue weighted by Crippen LogP contribution is 2.09. The highest BCUT2D eigenvalue weighted by atomic mass is 32.2. The number of hydrogen-bond acceptors (Lipinski definition) is 4. The Morgan fingerprint density at radius 1 is 0.958 bits per heavy atom. The monoisotopic (exact) mass is 347 g/mol. The topological polar surface area (TPSA) is 101 Å². The van der Waals surface area contributed by atoms with E-state index < -0.39 is 10.0 Å². The van der Waals surface area contributed by atoms with Crippen LogP contribution in [0, 0.1) is 0 Å². The fraction of sp³-hybridized carbons (Fsp3) is 0.235. The van der Waals surface area contributed by atoms with E-state index >= 15 is 0 Å². The minimum Gasteiger partial charge on any atom is -0.385 e. The summed E-state index contributed by atoms with van der Waals surface area (Å²) in [6.07, 6.45) is 1.02. The normalized spacial score (nSPS) is 11.0. The quantitative estimate of drug-likeness (QED) is 0.673. The largest absolute Gasteiger partial charge is 0.385 e. The first-order valence-electron chi connectivity index (χ1n) is 7.62. The van der Waals surface area contributed by atoms with Crippen LogP contribution in [0.2, 0.25) is 0 Å². The molecule has 128 valence electrons. The summed E-state index contributed by atoms with van der Waals surface area (Å²) < 4.78 is 22.3. The van der Waals surface area contributed by atoms with Gasteiger partial charge >= 0.3 is 0 Å². The molecule has 0 aliphatic carbocycles. The number of benzene rings is 2. The van der Waals surface area contributed by atoms with Gasteiger partial charge in [-0.25, -0.2) is 13.6 Å². The number of carbonyl (C=O) groups excluding carboxylic acids is 1. The molecule has 2 rings (SSSR count). The highest BCUT2D eigenvalue weighted by Gasteiger charge is 2.07. The second kappa shape index (κ2) is 8.47. The molecule has 0 saturated carbocycles. The minimum atomic E-state index is -3.66. The first kappa shape index (κ1) is 18.0. The smallest absolute Gasteiger partial charge is 0.238 e. The Kier molecular flexibility index (Phi) is 6.34. The summed E-state index contributed by atoms with van der Waals surface area (Å²) in [4.78, 5) is 11.8. The zero-order valence-electron chi connectivity index (χ0n) is 13.2. The van der Waals surface area contributed by atoms with E-state index in [1.807, 2.05) is 30.3 Å². The van der Waals surface area contributed by atoms with Crippen LogP contribution >= 0.6 is 0 Å². The molecule has 0 radical (unpaired) electrons. The lowest BCUT2D eigenvalue weighted by Gasteiger charge is -2.08. The van der Waals surface area contributed by atoms with E-state index in [4.69, 9.17) is 5.14 Å². The average molecular weight is 347 g/mol. The molecule has 24 heavy (non-hydrogen) atoms. The van der Waals surface area contributed by atoms with Gasteiger partial charge in [0.1, 0.15) is 0 Å². The number of primary sulfonamides is 1. The Bertz CT molecular complexity index is 759. The van der Waals surface area contributed by atoms with Crippen LogP contribution in [0.4, 0.5) is 5.69 Å². The zero-order valence-corrected chi connectivity index (χ0v) is 14.1. The van der Waals surface area contributed by atoms with Gasteiger partial charge in [-0.05, 0) is 36.2 Å². The number of rotatable bonds is 8. The minimum absolute atomic E-state index is 0.0282. The molecule has 0 saturated heterocycles.